The molecule has 110 valence electrons. The summed E-state index contributed by atoms with van der Waals surface area (Å²) in [5.74, 6) is -0.960. The number of fused-ring (bicyclic) bond motifs is 1. The first kappa shape index (κ1) is 13.8. The van der Waals surface area contributed by atoms with Gasteiger partial charge in [0.15, 0.2) is 0 Å². The van der Waals surface area contributed by atoms with Crippen molar-refractivity contribution in [2.75, 3.05) is 12.0 Å². The Morgan fingerprint density at radius 2 is 1.57 bits per heavy atom. The Kier molecular flexibility index (Phi) is 3.49. The molecule has 1 aliphatic heterocycles. The molecule has 5 heteroatoms. The first-order valence-electron chi connectivity index (χ1n) is 7.19. The Bertz CT molecular complexity index is 569. The standard InChI is InChI=1S/C16H17NO4/c1-21-16(20)10-6-8-11(9-7-10)17-14(18)12-4-2-3-5-13(12)15(17)19/h6-9,12-13H,2-5H2,1H3/t12-,13+. The third-order valence-electron chi connectivity index (χ3n) is 4.39. The minimum absolute atomic E-state index is 0.101. The maximum Gasteiger partial charge on any atom is 0.337 e. The van der Waals surface area contributed by atoms with Gasteiger partial charge in [0, 0.05) is 0 Å². The molecule has 1 saturated carbocycles. The molecule has 2 amide bonds. The number of hydrogen-bond acceptors (Lipinski definition) is 4. The van der Waals surface area contributed by atoms with Crippen LogP contribution in [0.5, 0.6) is 0 Å². The Morgan fingerprint density at radius 3 is 2.05 bits per heavy atom. The smallest absolute Gasteiger partial charge is 0.337 e. The van der Waals surface area contributed by atoms with Gasteiger partial charge in [0.25, 0.3) is 0 Å². The highest BCUT2D eigenvalue weighted by molar-refractivity contribution is 6.22. The van der Waals surface area contributed by atoms with E-state index in [0.29, 0.717) is 11.3 Å². The van der Waals surface area contributed by atoms with Gasteiger partial charge in [-0.05, 0) is 37.1 Å². The highest BCUT2D eigenvalue weighted by Gasteiger charge is 2.48. The SMILES string of the molecule is COC(=O)c1ccc(N2C(=O)[C@H]3CCCC[C@H]3C2=O)cc1. The van der Waals surface area contributed by atoms with Crippen LogP contribution in [-0.4, -0.2) is 24.9 Å². The number of nitrogens with zero attached hydrogens (tertiary/aromatic N) is 1. The number of ether oxygens (including phenoxy) is 1. The fourth-order valence-corrected chi connectivity index (χ4v) is 3.28. The molecular weight excluding hydrogens is 270 g/mol. The lowest BCUT2D eigenvalue weighted by Crippen LogP contribution is -2.30. The van der Waals surface area contributed by atoms with Gasteiger partial charge in [0.05, 0.1) is 30.2 Å². The molecule has 21 heavy (non-hydrogen) atoms. The van der Waals surface area contributed by atoms with Crippen molar-refractivity contribution in [1.29, 1.82) is 0 Å². The maximum absolute atomic E-state index is 12.4. The van der Waals surface area contributed by atoms with Gasteiger partial charge in [-0.15, -0.1) is 0 Å². The van der Waals surface area contributed by atoms with Crippen LogP contribution in [0.3, 0.4) is 0 Å². The van der Waals surface area contributed by atoms with Gasteiger partial charge in [-0.2, -0.15) is 0 Å². The van der Waals surface area contributed by atoms with E-state index in [4.69, 9.17) is 0 Å². The predicted octanol–water partition coefficient (Wildman–Crippen LogP) is 2.15. The Hall–Kier alpha value is -2.17. The molecule has 1 heterocycles. The second-order valence-corrected chi connectivity index (χ2v) is 5.55. The van der Waals surface area contributed by atoms with Crippen molar-refractivity contribution in [3.8, 4) is 0 Å². The van der Waals surface area contributed by atoms with Crippen molar-refractivity contribution in [1.82, 2.24) is 0 Å². The molecule has 0 unspecified atom stereocenters. The average Bonchev–Trinajstić information content (AvgIpc) is 2.79. The normalized spacial score (nSPS) is 24.9. The van der Waals surface area contributed by atoms with Crippen LogP contribution < -0.4 is 4.90 Å². The van der Waals surface area contributed by atoms with Crippen LogP contribution in [0.25, 0.3) is 0 Å². The molecular formula is C16H17NO4. The summed E-state index contributed by atoms with van der Waals surface area (Å²) in [5.41, 5.74) is 0.935. The van der Waals surface area contributed by atoms with Gasteiger partial charge in [-0.3, -0.25) is 14.5 Å². The summed E-state index contributed by atoms with van der Waals surface area (Å²) in [4.78, 5) is 37.6. The lowest BCUT2D eigenvalue weighted by atomic mass is 9.81. The molecule has 5 nitrogen and oxygen atoms in total. The van der Waals surface area contributed by atoms with Crippen LogP contribution in [0.1, 0.15) is 36.0 Å². The number of amides is 2. The van der Waals surface area contributed by atoms with Gasteiger partial charge in [-0.25, -0.2) is 4.79 Å². The van der Waals surface area contributed by atoms with Gasteiger partial charge in [0.2, 0.25) is 11.8 Å². The summed E-state index contributed by atoms with van der Waals surface area (Å²) in [6, 6.07) is 6.40. The van der Waals surface area contributed by atoms with Crippen molar-refractivity contribution in [2.24, 2.45) is 11.8 Å². The molecule has 3 rings (SSSR count). The fourth-order valence-electron chi connectivity index (χ4n) is 3.28. The van der Waals surface area contributed by atoms with E-state index in [0.717, 1.165) is 25.7 Å². The molecule has 0 radical (unpaired) electrons. The molecule has 1 aliphatic carbocycles. The van der Waals surface area contributed by atoms with E-state index in [1.54, 1.807) is 24.3 Å². The Balaban J connectivity index is 1.88. The summed E-state index contributed by atoms with van der Waals surface area (Å²) in [6.07, 6.45) is 3.61. The van der Waals surface area contributed by atoms with Gasteiger partial charge in [0.1, 0.15) is 0 Å². The Morgan fingerprint density at radius 1 is 1.05 bits per heavy atom. The summed E-state index contributed by atoms with van der Waals surface area (Å²) in [5, 5.41) is 0. The maximum atomic E-state index is 12.4. The molecule has 2 aliphatic rings. The number of imide groups is 1. The molecule has 0 aromatic heterocycles. The molecule has 0 spiro atoms. The summed E-state index contributed by atoms with van der Waals surface area (Å²) < 4.78 is 4.63. The monoisotopic (exact) mass is 287 g/mol. The summed E-state index contributed by atoms with van der Waals surface area (Å²) >= 11 is 0. The number of esters is 1. The molecule has 1 aromatic rings. The molecule has 0 N–H and O–H groups in total. The second-order valence-electron chi connectivity index (χ2n) is 5.55. The zero-order valence-corrected chi connectivity index (χ0v) is 11.9. The van der Waals surface area contributed by atoms with Crippen molar-refractivity contribution in [3.05, 3.63) is 29.8 Å². The van der Waals surface area contributed by atoms with E-state index >= 15 is 0 Å². The van der Waals surface area contributed by atoms with Crippen LogP contribution in [0.4, 0.5) is 5.69 Å². The van der Waals surface area contributed by atoms with Gasteiger partial charge >= 0.3 is 5.97 Å². The van der Waals surface area contributed by atoms with Crippen LogP contribution in [0.15, 0.2) is 24.3 Å². The molecule has 1 aromatic carbocycles. The van der Waals surface area contributed by atoms with Crippen LogP contribution >= 0.6 is 0 Å². The van der Waals surface area contributed by atoms with E-state index in [-0.39, 0.29) is 23.7 Å². The minimum atomic E-state index is -0.436. The minimum Gasteiger partial charge on any atom is -0.465 e. The molecule has 1 saturated heterocycles. The zero-order chi connectivity index (χ0) is 15.0. The number of benzene rings is 1. The highest BCUT2D eigenvalue weighted by atomic mass is 16.5. The molecule has 0 bridgehead atoms. The van der Waals surface area contributed by atoms with E-state index in [9.17, 15) is 14.4 Å². The molecule has 2 atom stereocenters. The topological polar surface area (TPSA) is 63.7 Å². The van der Waals surface area contributed by atoms with E-state index in [2.05, 4.69) is 4.74 Å². The van der Waals surface area contributed by atoms with E-state index < -0.39 is 5.97 Å². The fraction of sp³-hybridized carbons (Fsp3) is 0.438. The second kappa shape index (κ2) is 5.31. The van der Waals surface area contributed by atoms with Gasteiger partial charge < -0.3 is 4.74 Å². The number of carbonyl (C=O) groups excluding carboxylic acids is 3. The van der Waals surface area contributed by atoms with Crippen molar-refractivity contribution < 1.29 is 19.1 Å². The van der Waals surface area contributed by atoms with E-state index in [1.807, 2.05) is 0 Å². The average molecular weight is 287 g/mol. The first-order valence-corrected chi connectivity index (χ1v) is 7.19. The van der Waals surface area contributed by atoms with Crippen LogP contribution in [-0.2, 0) is 14.3 Å². The lowest BCUT2D eigenvalue weighted by molar-refractivity contribution is -0.122. The van der Waals surface area contributed by atoms with E-state index in [1.165, 1.54) is 12.0 Å². The van der Waals surface area contributed by atoms with Crippen molar-refractivity contribution >= 4 is 23.5 Å². The molecule has 2 fully saturated rings. The Labute approximate surface area is 122 Å². The summed E-state index contributed by atoms with van der Waals surface area (Å²) in [6.45, 7) is 0. The summed E-state index contributed by atoms with van der Waals surface area (Å²) in [7, 11) is 1.31. The number of hydrogen-bond donors (Lipinski definition) is 0. The quantitative estimate of drug-likeness (QED) is 0.617. The largest absolute Gasteiger partial charge is 0.465 e. The third kappa shape index (κ3) is 2.22. The highest BCUT2D eigenvalue weighted by Crippen LogP contribution is 2.39. The van der Waals surface area contributed by atoms with Gasteiger partial charge in [-0.1, -0.05) is 12.8 Å². The third-order valence-corrected chi connectivity index (χ3v) is 4.39. The van der Waals surface area contributed by atoms with Crippen molar-refractivity contribution in [3.63, 3.8) is 0 Å². The lowest BCUT2D eigenvalue weighted by Gasteiger charge is -2.19. The predicted molar refractivity (Wildman–Crippen MR) is 75.7 cm³/mol. The van der Waals surface area contributed by atoms with Crippen LogP contribution in [0.2, 0.25) is 0 Å². The van der Waals surface area contributed by atoms with Crippen molar-refractivity contribution in [2.45, 2.75) is 25.7 Å². The number of methoxy groups -OCH3 is 1. The number of rotatable bonds is 2. The van der Waals surface area contributed by atoms with Crippen LogP contribution in [0, 0.1) is 11.8 Å². The number of carbonyl (C=O) groups is 3. The first-order chi connectivity index (χ1) is 10.1. The number of anilines is 1. The zero-order valence-electron chi connectivity index (χ0n) is 11.9.